The quantitative estimate of drug-likeness (QED) is 0.101. The van der Waals surface area contributed by atoms with Crippen LogP contribution in [0.15, 0.2) is 22.8 Å². The summed E-state index contributed by atoms with van der Waals surface area (Å²) in [6, 6.07) is 0. The summed E-state index contributed by atoms with van der Waals surface area (Å²) in [5.74, 6) is -5.20. The van der Waals surface area contributed by atoms with Crippen molar-refractivity contribution in [3.8, 4) is 0 Å². The van der Waals surface area contributed by atoms with Gasteiger partial charge in [-0.05, 0) is 64.5 Å². The Morgan fingerprint density at radius 3 is 2.23 bits per heavy atom. The van der Waals surface area contributed by atoms with Gasteiger partial charge in [0.05, 0.1) is 11.8 Å². The van der Waals surface area contributed by atoms with Crippen molar-refractivity contribution < 1.29 is 57.9 Å². The minimum Gasteiger partial charge on any atom is -0.459 e. The monoisotopic (exact) mass is 664 g/mol. The molecule has 12 nitrogen and oxygen atoms in total. The minimum absolute atomic E-state index is 0.0648. The molecule has 1 heterocycles. The minimum atomic E-state index is -2.59. The Balaban J connectivity index is 2.25. The lowest BCUT2D eigenvalue weighted by molar-refractivity contribution is -0.214. The van der Waals surface area contributed by atoms with E-state index in [0.29, 0.717) is 18.8 Å². The predicted molar refractivity (Wildman–Crippen MR) is 168 cm³/mol. The van der Waals surface area contributed by atoms with Crippen LogP contribution in [-0.4, -0.2) is 81.3 Å². The van der Waals surface area contributed by atoms with Gasteiger partial charge in [-0.25, -0.2) is 9.59 Å². The average molecular weight is 665 g/mol. The number of ether oxygens (including phenoxy) is 5. The molecule has 0 radical (unpaired) electrons. The fourth-order valence-corrected chi connectivity index (χ4v) is 6.85. The SMILES string of the molecule is C/C=C(/C)C(=O)OC1C(C)=C2C(C1OC(=O)CCCCC(C)C)C(C)(OC(C)=O)CC(OC(=O)C(C)CC)C1(O)C2OC(=O)C1(C)O. The Labute approximate surface area is 277 Å². The predicted octanol–water partition coefficient (Wildman–Crippen LogP) is 4.03. The molecule has 2 N–H and O–H groups in total. The number of rotatable bonds is 12. The molecule has 1 aliphatic heterocycles. The van der Waals surface area contributed by atoms with Crippen molar-refractivity contribution in [3.05, 3.63) is 22.8 Å². The van der Waals surface area contributed by atoms with Crippen LogP contribution in [0.25, 0.3) is 0 Å². The first-order valence-corrected chi connectivity index (χ1v) is 16.6. The van der Waals surface area contributed by atoms with E-state index in [2.05, 4.69) is 13.8 Å². The van der Waals surface area contributed by atoms with Gasteiger partial charge in [-0.1, -0.05) is 46.6 Å². The first-order valence-electron chi connectivity index (χ1n) is 16.6. The van der Waals surface area contributed by atoms with Crippen LogP contribution >= 0.6 is 0 Å². The van der Waals surface area contributed by atoms with E-state index in [1.165, 1.54) is 13.8 Å². The van der Waals surface area contributed by atoms with E-state index in [4.69, 9.17) is 23.7 Å². The molecule has 0 spiro atoms. The summed E-state index contributed by atoms with van der Waals surface area (Å²) in [7, 11) is 0. The van der Waals surface area contributed by atoms with Crippen LogP contribution in [0.1, 0.15) is 108 Å². The summed E-state index contributed by atoms with van der Waals surface area (Å²) in [4.78, 5) is 65.6. The fraction of sp³-hybridized carbons (Fsp3) is 0.743. The zero-order valence-electron chi connectivity index (χ0n) is 29.3. The van der Waals surface area contributed by atoms with Gasteiger partial charge in [0.2, 0.25) is 0 Å². The van der Waals surface area contributed by atoms with Gasteiger partial charge in [0.25, 0.3) is 0 Å². The average Bonchev–Trinajstić information content (AvgIpc) is 3.32. The van der Waals surface area contributed by atoms with Crippen LogP contribution in [0.4, 0.5) is 0 Å². The molecule has 3 aliphatic rings. The molecular weight excluding hydrogens is 612 g/mol. The van der Waals surface area contributed by atoms with E-state index in [-0.39, 0.29) is 23.1 Å². The third-order valence-corrected chi connectivity index (χ3v) is 9.99. The van der Waals surface area contributed by atoms with Crippen molar-refractivity contribution in [2.75, 3.05) is 0 Å². The topological polar surface area (TPSA) is 172 Å². The molecular formula is C35H52O12. The number of aliphatic hydroxyl groups is 2. The van der Waals surface area contributed by atoms with Crippen molar-refractivity contribution in [1.82, 2.24) is 0 Å². The molecule has 0 aromatic heterocycles. The third kappa shape index (κ3) is 7.28. The maximum Gasteiger partial charge on any atom is 0.341 e. The second-order valence-corrected chi connectivity index (χ2v) is 14.0. The normalized spacial score (nSPS) is 34.2. The van der Waals surface area contributed by atoms with Crippen LogP contribution in [0.5, 0.6) is 0 Å². The lowest BCUT2D eigenvalue weighted by atomic mass is 9.75. The summed E-state index contributed by atoms with van der Waals surface area (Å²) in [5, 5.41) is 24.0. The zero-order valence-corrected chi connectivity index (χ0v) is 29.3. The molecule has 3 rings (SSSR count). The van der Waals surface area contributed by atoms with Crippen molar-refractivity contribution in [2.45, 2.75) is 149 Å². The Kier molecular flexibility index (Phi) is 11.8. The van der Waals surface area contributed by atoms with Crippen molar-refractivity contribution in [2.24, 2.45) is 17.8 Å². The second-order valence-electron chi connectivity index (χ2n) is 14.0. The van der Waals surface area contributed by atoms with E-state index in [1.807, 2.05) is 0 Å². The van der Waals surface area contributed by atoms with E-state index in [1.54, 1.807) is 40.7 Å². The highest BCUT2D eigenvalue weighted by atomic mass is 16.6. The Morgan fingerprint density at radius 1 is 1.04 bits per heavy atom. The molecule has 0 amide bonds. The third-order valence-electron chi connectivity index (χ3n) is 9.99. The number of carbonyl (C=O) groups excluding carboxylic acids is 5. The van der Waals surface area contributed by atoms with Crippen molar-refractivity contribution in [3.63, 3.8) is 0 Å². The Hall–Kier alpha value is -3.25. The van der Waals surface area contributed by atoms with Crippen LogP contribution in [0.2, 0.25) is 0 Å². The highest BCUT2D eigenvalue weighted by Crippen LogP contribution is 2.57. The molecule has 9 atom stereocenters. The molecule has 0 aromatic carbocycles. The Bertz CT molecular complexity index is 1310. The van der Waals surface area contributed by atoms with E-state index >= 15 is 0 Å². The van der Waals surface area contributed by atoms with E-state index in [9.17, 15) is 34.2 Å². The zero-order chi connectivity index (χ0) is 35.6. The van der Waals surface area contributed by atoms with Gasteiger partial charge in [0, 0.05) is 25.3 Å². The molecule has 47 heavy (non-hydrogen) atoms. The largest absolute Gasteiger partial charge is 0.459 e. The summed E-state index contributed by atoms with van der Waals surface area (Å²) < 4.78 is 29.5. The lowest BCUT2D eigenvalue weighted by Crippen LogP contribution is -2.64. The van der Waals surface area contributed by atoms with E-state index < -0.39 is 89.3 Å². The van der Waals surface area contributed by atoms with Gasteiger partial charge in [-0.15, -0.1) is 0 Å². The summed E-state index contributed by atoms with van der Waals surface area (Å²) in [6.45, 7) is 16.1. The van der Waals surface area contributed by atoms with Crippen molar-refractivity contribution in [1.29, 1.82) is 0 Å². The molecule has 1 saturated carbocycles. The number of carbonyl (C=O) groups is 5. The van der Waals surface area contributed by atoms with Gasteiger partial charge in [-0.2, -0.15) is 0 Å². The van der Waals surface area contributed by atoms with Gasteiger partial charge in [0.15, 0.2) is 29.5 Å². The maximum atomic E-state index is 13.4. The number of unbranched alkanes of at least 4 members (excludes halogenated alkanes) is 1. The second kappa shape index (κ2) is 14.5. The number of esters is 5. The van der Waals surface area contributed by atoms with Crippen LogP contribution < -0.4 is 0 Å². The van der Waals surface area contributed by atoms with Gasteiger partial charge in [-0.3, -0.25) is 14.4 Å². The maximum absolute atomic E-state index is 13.4. The first-order chi connectivity index (χ1) is 21.8. The molecule has 1 saturated heterocycles. The van der Waals surface area contributed by atoms with Crippen molar-refractivity contribution >= 4 is 29.8 Å². The highest BCUT2D eigenvalue weighted by molar-refractivity contribution is 5.88. The molecule has 2 aliphatic carbocycles. The molecule has 2 fully saturated rings. The molecule has 9 unspecified atom stereocenters. The number of fused-ring (bicyclic) bond motifs is 3. The van der Waals surface area contributed by atoms with Gasteiger partial charge >= 0.3 is 29.8 Å². The summed E-state index contributed by atoms with van der Waals surface area (Å²) in [5.41, 5.74) is -6.17. The highest BCUT2D eigenvalue weighted by Gasteiger charge is 2.76. The number of hydrogen-bond acceptors (Lipinski definition) is 12. The van der Waals surface area contributed by atoms with Crippen LogP contribution in [-0.2, 0) is 47.7 Å². The van der Waals surface area contributed by atoms with E-state index in [0.717, 1.165) is 19.8 Å². The van der Waals surface area contributed by atoms with Gasteiger partial charge in [0.1, 0.15) is 11.7 Å². The van der Waals surface area contributed by atoms with Gasteiger partial charge < -0.3 is 33.9 Å². The molecule has 12 heteroatoms. The van der Waals surface area contributed by atoms with Crippen LogP contribution in [0, 0.1) is 17.8 Å². The smallest absolute Gasteiger partial charge is 0.341 e. The molecule has 0 bridgehead atoms. The standard InChI is InChI=1S/C35H52O12/c1-11-19(5)30(38)43-23-17-33(9,47-22(8)36)26-25(29-35(23,42)34(10,41)32(40)46-29)21(7)27(45-31(39)20(6)12-2)28(26)44-24(37)16-14-13-15-18(3)4/h12,18-19,23,26-29,41-42H,11,13-17H2,1-10H3/b20-12-. The van der Waals surface area contributed by atoms with Crippen LogP contribution in [0.3, 0.4) is 0 Å². The molecule has 264 valence electrons. The number of hydrogen-bond donors (Lipinski definition) is 2. The summed E-state index contributed by atoms with van der Waals surface area (Å²) >= 11 is 0. The fourth-order valence-electron chi connectivity index (χ4n) is 6.85. The Morgan fingerprint density at radius 2 is 1.68 bits per heavy atom. The lowest BCUT2D eigenvalue weighted by Gasteiger charge is -2.42. The number of allylic oxidation sites excluding steroid dienone is 1. The summed E-state index contributed by atoms with van der Waals surface area (Å²) in [6.07, 6.45) is -1.95. The molecule has 0 aromatic rings. The first kappa shape index (κ1) is 38.2.